The van der Waals surface area contributed by atoms with Crippen molar-refractivity contribution >= 4 is 21.6 Å². The number of rotatable bonds is 7. The third-order valence-corrected chi connectivity index (χ3v) is 6.36. The van der Waals surface area contributed by atoms with Crippen LogP contribution in [0, 0.1) is 0 Å². The number of anilines is 1. The minimum Gasteiger partial charge on any atom is -0.486 e. The molecule has 8 heteroatoms. The smallest absolute Gasteiger partial charge is 0.244 e. The maximum absolute atomic E-state index is 12.9. The third-order valence-electron chi connectivity index (χ3n) is 5.12. The molecule has 0 aliphatic carbocycles. The van der Waals surface area contributed by atoms with Crippen LogP contribution in [-0.4, -0.2) is 39.8 Å². The number of nitrogens with zero attached hydrogens (tertiary/aromatic N) is 1. The van der Waals surface area contributed by atoms with E-state index in [-0.39, 0.29) is 11.9 Å². The van der Waals surface area contributed by atoms with Gasteiger partial charge in [0.2, 0.25) is 15.9 Å². The highest BCUT2D eigenvalue weighted by molar-refractivity contribution is 7.92. The van der Waals surface area contributed by atoms with Gasteiger partial charge in [-0.05, 0) is 43.5 Å². The minimum atomic E-state index is -3.72. The summed E-state index contributed by atoms with van der Waals surface area (Å²) in [6, 6.07) is 11.7. The van der Waals surface area contributed by atoms with Crippen molar-refractivity contribution in [2.45, 2.75) is 39.3 Å². The van der Waals surface area contributed by atoms with Crippen molar-refractivity contribution in [2.24, 2.45) is 0 Å². The van der Waals surface area contributed by atoms with Crippen molar-refractivity contribution in [2.75, 3.05) is 23.8 Å². The standard InChI is InChI=1S/C22H28N2O5S/c1-5-17-6-8-18(9-7-17)15(2)23-22(25)16(3)24(30(4,26)27)19-10-11-20-21(14-19)29-13-12-28-20/h6-11,14-16H,5,12-13H2,1-4H3,(H,23,25). The predicted octanol–water partition coefficient (Wildman–Crippen LogP) is 3.05. The van der Waals surface area contributed by atoms with Crippen LogP contribution in [0.15, 0.2) is 42.5 Å². The van der Waals surface area contributed by atoms with E-state index in [1.807, 2.05) is 31.2 Å². The van der Waals surface area contributed by atoms with Crippen LogP contribution >= 0.6 is 0 Å². The largest absolute Gasteiger partial charge is 0.486 e. The number of sulfonamides is 1. The summed E-state index contributed by atoms with van der Waals surface area (Å²) in [6.07, 6.45) is 2.03. The van der Waals surface area contributed by atoms with Crippen molar-refractivity contribution in [3.63, 3.8) is 0 Å². The van der Waals surface area contributed by atoms with Crippen LogP contribution in [0.2, 0.25) is 0 Å². The first kappa shape index (κ1) is 22.0. The Morgan fingerprint density at radius 3 is 2.30 bits per heavy atom. The van der Waals surface area contributed by atoms with Gasteiger partial charge in [-0.3, -0.25) is 9.10 Å². The molecule has 2 atom stereocenters. The molecule has 1 N–H and O–H groups in total. The van der Waals surface area contributed by atoms with E-state index in [0.29, 0.717) is 30.4 Å². The molecule has 3 rings (SSSR count). The Balaban J connectivity index is 1.81. The van der Waals surface area contributed by atoms with Crippen LogP contribution in [0.4, 0.5) is 5.69 Å². The number of hydrogen-bond acceptors (Lipinski definition) is 5. The molecule has 30 heavy (non-hydrogen) atoms. The molecular weight excluding hydrogens is 404 g/mol. The molecule has 0 spiro atoms. The van der Waals surface area contributed by atoms with Crippen LogP contribution in [0.1, 0.15) is 37.9 Å². The lowest BCUT2D eigenvalue weighted by atomic mass is 10.0. The molecular formula is C22H28N2O5S. The summed E-state index contributed by atoms with van der Waals surface area (Å²) in [4.78, 5) is 12.9. The molecule has 7 nitrogen and oxygen atoms in total. The fraction of sp³-hybridized carbons (Fsp3) is 0.409. The van der Waals surface area contributed by atoms with E-state index < -0.39 is 16.1 Å². The average Bonchev–Trinajstić information content (AvgIpc) is 2.72. The second kappa shape index (κ2) is 8.95. The van der Waals surface area contributed by atoms with Crippen LogP contribution in [-0.2, 0) is 21.2 Å². The minimum absolute atomic E-state index is 0.257. The quantitative estimate of drug-likeness (QED) is 0.727. The van der Waals surface area contributed by atoms with Gasteiger partial charge in [0.05, 0.1) is 18.0 Å². The van der Waals surface area contributed by atoms with Crippen molar-refractivity contribution in [1.82, 2.24) is 5.32 Å². The van der Waals surface area contributed by atoms with Crippen molar-refractivity contribution < 1.29 is 22.7 Å². The summed E-state index contributed by atoms with van der Waals surface area (Å²) < 4.78 is 37.3. The molecule has 2 aromatic rings. The van der Waals surface area contributed by atoms with E-state index >= 15 is 0 Å². The monoisotopic (exact) mass is 432 g/mol. The van der Waals surface area contributed by atoms with Gasteiger partial charge in [0, 0.05) is 6.07 Å². The zero-order valence-corrected chi connectivity index (χ0v) is 18.5. The Kier molecular flexibility index (Phi) is 6.55. The van der Waals surface area contributed by atoms with Gasteiger partial charge in [0.25, 0.3) is 0 Å². The molecule has 0 fully saturated rings. The van der Waals surface area contributed by atoms with E-state index in [1.165, 1.54) is 5.56 Å². The van der Waals surface area contributed by atoms with E-state index in [0.717, 1.165) is 22.5 Å². The first-order valence-corrected chi connectivity index (χ1v) is 11.8. The van der Waals surface area contributed by atoms with E-state index in [1.54, 1.807) is 25.1 Å². The van der Waals surface area contributed by atoms with Crippen molar-refractivity contribution in [3.8, 4) is 11.5 Å². The lowest BCUT2D eigenvalue weighted by molar-refractivity contribution is -0.122. The van der Waals surface area contributed by atoms with Gasteiger partial charge >= 0.3 is 0 Å². The Bertz CT molecular complexity index is 1000. The number of aryl methyl sites for hydroxylation is 1. The molecule has 1 aliphatic rings. The lowest BCUT2D eigenvalue weighted by Gasteiger charge is -2.30. The van der Waals surface area contributed by atoms with Gasteiger partial charge in [-0.25, -0.2) is 8.42 Å². The van der Waals surface area contributed by atoms with Gasteiger partial charge in [-0.2, -0.15) is 0 Å². The van der Waals surface area contributed by atoms with Gasteiger partial charge in [0.1, 0.15) is 19.3 Å². The number of fused-ring (bicyclic) bond motifs is 1. The van der Waals surface area contributed by atoms with Crippen LogP contribution in [0.5, 0.6) is 11.5 Å². The maximum atomic E-state index is 12.9. The fourth-order valence-corrected chi connectivity index (χ4v) is 4.60. The summed E-state index contributed by atoms with van der Waals surface area (Å²) >= 11 is 0. The lowest BCUT2D eigenvalue weighted by Crippen LogP contribution is -2.48. The molecule has 2 unspecified atom stereocenters. The van der Waals surface area contributed by atoms with Gasteiger partial charge < -0.3 is 14.8 Å². The normalized spacial score (nSPS) is 15.2. The molecule has 0 saturated heterocycles. The van der Waals surface area contributed by atoms with Gasteiger partial charge in [0.15, 0.2) is 11.5 Å². The first-order chi connectivity index (χ1) is 14.2. The molecule has 0 radical (unpaired) electrons. The Morgan fingerprint density at radius 2 is 1.70 bits per heavy atom. The number of benzene rings is 2. The van der Waals surface area contributed by atoms with E-state index in [9.17, 15) is 13.2 Å². The third kappa shape index (κ3) is 4.87. The number of carbonyl (C=O) groups is 1. The molecule has 162 valence electrons. The molecule has 1 heterocycles. The number of nitrogens with one attached hydrogen (secondary N) is 1. The highest BCUT2D eigenvalue weighted by Crippen LogP contribution is 2.35. The average molecular weight is 433 g/mol. The number of amides is 1. The van der Waals surface area contributed by atoms with Gasteiger partial charge in [-0.15, -0.1) is 0 Å². The summed E-state index contributed by atoms with van der Waals surface area (Å²) in [5.74, 6) is 0.631. The summed E-state index contributed by atoms with van der Waals surface area (Å²) in [5.41, 5.74) is 2.52. The van der Waals surface area contributed by atoms with E-state index in [2.05, 4.69) is 12.2 Å². The second-order valence-electron chi connectivity index (χ2n) is 7.39. The summed E-state index contributed by atoms with van der Waals surface area (Å²) in [7, 11) is -3.72. The number of carbonyl (C=O) groups excluding carboxylic acids is 1. The van der Waals surface area contributed by atoms with Crippen LogP contribution in [0.3, 0.4) is 0 Å². The maximum Gasteiger partial charge on any atom is 0.244 e. The summed E-state index contributed by atoms with van der Waals surface area (Å²) in [6.45, 7) is 6.36. The molecule has 2 aromatic carbocycles. The summed E-state index contributed by atoms with van der Waals surface area (Å²) in [5, 5.41) is 2.92. The topological polar surface area (TPSA) is 84.9 Å². The molecule has 0 bridgehead atoms. The Morgan fingerprint density at radius 1 is 1.07 bits per heavy atom. The Labute approximate surface area is 178 Å². The van der Waals surface area contributed by atoms with Gasteiger partial charge in [-0.1, -0.05) is 31.2 Å². The zero-order valence-electron chi connectivity index (χ0n) is 17.7. The zero-order chi connectivity index (χ0) is 21.9. The van der Waals surface area contributed by atoms with Crippen molar-refractivity contribution in [1.29, 1.82) is 0 Å². The SMILES string of the molecule is CCc1ccc(C(C)NC(=O)C(C)N(c2ccc3c(c2)OCCO3)S(C)(=O)=O)cc1. The molecule has 1 amide bonds. The van der Waals surface area contributed by atoms with Crippen LogP contribution < -0.4 is 19.1 Å². The molecule has 0 aromatic heterocycles. The Hall–Kier alpha value is -2.74. The second-order valence-corrected chi connectivity index (χ2v) is 9.25. The van der Waals surface area contributed by atoms with Crippen LogP contribution in [0.25, 0.3) is 0 Å². The van der Waals surface area contributed by atoms with E-state index in [4.69, 9.17) is 9.47 Å². The fourth-order valence-electron chi connectivity index (χ4n) is 3.44. The molecule has 0 saturated carbocycles. The van der Waals surface area contributed by atoms with Crippen molar-refractivity contribution in [3.05, 3.63) is 53.6 Å². The molecule has 1 aliphatic heterocycles. The first-order valence-electron chi connectivity index (χ1n) is 9.99. The number of ether oxygens (including phenoxy) is 2. The number of hydrogen-bond donors (Lipinski definition) is 1. The highest BCUT2D eigenvalue weighted by atomic mass is 32.2. The predicted molar refractivity (Wildman–Crippen MR) is 117 cm³/mol. The highest BCUT2D eigenvalue weighted by Gasteiger charge is 2.31.